The van der Waals surface area contributed by atoms with Crippen LogP contribution in [0.5, 0.6) is 5.75 Å². The quantitative estimate of drug-likeness (QED) is 0.186. The highest BCUT2D eigenvalue weighted by Gasteiger charge is 2.08. The molecule has 7 heteroatoms. The third-order valence-corrected chi connectivity index (χ3v) is 6.86. The number of ether oxygens (including phenoxy) is 1. The highest BCUT2D eigenvalue weighted by atomic mass is 32.2. The monoisotopic (exact) mass is 473 g/mol. The summed E-state index contributed by atoms with van der Waals surface area (Å²) < 4.78 is 6.84. The standard InChI is InChI=1S/C26H23N3O2S2/c1-19-9-5-6-13-22(19)16-31-24-14-8-7-12-21(24)15-27-29-25(30)18-33-26-28-23(17-32-26)20-10-3-2-4-11-20/h2-15,17H,16,18H2,1H3,(H,29,30)/b27-15+. The van der Waals surface area contributed by atoms with Crippen molar-refractivity contribution in [3.63, 3.8) is 0 Å². The first-order chi connectivity index (χ1) is 16.2. The molecule has 1 aromatic heterocycles. The van der Waals surface area contributed by atoms with Crippen molar-refractivity contribution >= 4 is 35.2 Å². The molecular formula is C26H23N3O2S2. The third kappa shape index (κ3) is 6.54. The van der Waals surface area contributed by atoms with Crippen molar-refractivity contribution in [2.45, 2.75) is 17.9 Å². The van der Waals surface area contributed by atoms with Crippen LogP contribution in [0.15, 0.2) is 93.7 Å². The van der Waals surface area contributed by atoms with Crippen LogP contribution in [0.1, 0.15) is 16.7 Å². The Morgan fingerprint density at radius 2 is 1.82 bits per heavy atom. The van der Waals surface area contributed by atoms with Crippen LogP contribution in [0.4, 0.5) is 0 Å². The molecule has 0 radical (unpaired) electrons. The first-order valence-corrected chi connectivity index (χ1v) is 12.3. The molecule has 0 unspecified atom stereocenters. The zero-order chi connectivity index (χ0) is 22.9. The molecule has 1 heterocycles. The number of para-hydroxylation sites is 1. The number of nitrogens with one attached hydrogen (secondary N) is 1. The van der Waals surface area contributed by atoms with Gasteiger partial charge >= 0.3 is 0 Å². The predicted octanol–water partition coefficient (Wildman–Crippen LogP) is 5.94. The highest BCUT2D eigenvalue weighted by Crippen LogP contribution is 2.28. The summed E-state index contributed by atoms with van der Waals surface area (Å²) in [5.74, 6) is 0.764. The van der Waals surface area contributed by atoms with Crippen LogP contribution < -0.4 is 10.2 Å². The number of benzene rings is 3. The summed E-state index contributed by atoms with van der Waals surface area (Å²) in [7, 11) is 0. The van der Waals surface area contributed by atoms with Crippen molar-refractivity contribution in [3.8, 4) is 17.0 Å². The topological polar surface area (TPSA) is 63.6 Å². The molecule has 0 saturated carbocycles. The van der Waals surface area contributed by atoms with Crippen LogP contribution >= 0.6 is 23.1 Å². The van der Waals surface area contributed by atoms with Crippen molar-refractivity contribution in [3.05, 3.63) is 101 Å². The Bertz CT molecular complexity index is 1240. The van der Waals surface area contributed by atoms with Crippen molar-refractivity contribution in [2.24, 2.45) is 5.10 Å². The molecule has 4 aromatic rings. The first kappa shape index (κ1) is 22.8. The van der Waals surface area contributed by atoms with Gasteiger partial charge in [-0.2, -0.15) is 5.10 Å². The summed E-state index contributed by atoms with van der Waals surface area (Å²) in [5, 5.41) is 6.11. The van der Waals surface area contributed by atoms with E-state index in [9.17, 15) is 4.79 Å². The number of carbonyl (C=O) groups is 1. The number of thiazole rings is 1. The Labute approximate surface area is 201 Å². The van der Waals surface area contributed by atoms with Gasteiger partial charge in [0, 0.05) is 16.5 Å². The summed E-state index contributed by atoms with van der Waals surface area (Å²) in [6, 6.07) is 25.7. The average molecular weight is 474 g/mol. The maximum absolute atomic E-state index is 12.2. The van der Waals surface area contributed by atoms with Gasteiger partial charge in [0.2, 0.25) is 0 Å². The van der Waals surface area contributed by atoms with Crippen molar-refractivity contribution in [1.29, 1.82) is 0 Å². The average Bonchev–Trinajstić information content (AvgIpc) is 3.33. The second kappa shape index (κ2) is 11.4. The van der Waals surface area contributed by atoms with E-state index in [0.29, 0.717) is 12.4 Å². The van der Waals surface area contributed by atoms with E-state index in [1.807, 2.05) is 72.1 Å². The van der Waals surface area contributed by atoms with Crippen LogP contribution in [0.3, 0.4) is 0 Å². The fourth-order valence-corrected chi connectivity index (χ4v) is 4.67. The molecule has 1 amide bonds. The van der Waals surface area contributed by atoms with Gasteiger partial charge in [0.15, 0.2) is 4.34 Å². The lowest BCUT2D eigenvalue weighted by Gasteiger charge is -2.10. The number of nitrogens with zero attached hydrogens (tertiary/aromatic N) is 2. The molecule has 0 aliphatic carbocycles. The van der Waals surface area contributed by atoms with Crippen LogP contribution in [0.25, 0.3) is 11.3 Å². The molecule has 33 heavy (non-hydrogen) atoms. The van der Waals surface area contributed by atoms with E-state index in [1.165, 1.54) is 28.7 Å². The molecule has 0 saturated heterocycles. The second-order valence-corrected chi connectivity index (χ2v) is 9.28. The summed E-state index contributed by atoms with van der Waals surface area (Å²) in [6.45, 7) is 2.53. The molecule has 0 atom stereocenters. The van der Waals surface area contributed by atoms with E-state index < -0.39 is 0 Å². The number of aryl methyl sites for hydroxylation is 1. The molecule has 166 valence electrons. The lowest BCUT2D eigenvalue weighted by atomic mass is 10.1. The Hall–Kier alpha value is -3.42. The van der Waals surface area contributed by atoms with Crippen LogP contribution in [0.2, 0.25) is 0 Å². The SMILES string of the molecule is Cc1ccccc1COc1ccccc1/C=N/NC(=O)CSc1nc(-c2ccccc2)cs1. The number of amides is 1. The molecule has 0 aliphatic rings. The second-order valence-electron chi connectivity index (χ2n) is 7.20. The van der Waals surface area contributed by atoms with E-state index in [0.717, 1.165) is 26.7 Å². The summed E-state index contributed by atoms with van der Waals surface area (Å²) in [4.78, 5) is 16.8. The van der Waals surface area contributed by atoms with Crippen LogP contribution in [-0.2, 0) is 11.4 Å². The molecule has 0 aliphatic heterocycles. The fraction of sp³-hybridized carbons (Fsp3) is 0.115. The van der Waals surface area contributed by atoms with Gasteiger partial charge in [0.25, 0.3) is 5.91 Å². The van der Waals surface area contributed by atoms with Gasteiger partial charge in [0.1, 0.15) is 12.4 Å². The largest absolute Gasteiger partial charge is 0.488 e. The van der Waals surface area contributed by atoms with E-state index in [4.69, 9.17) is 4.74 Å². The number of aromatic nitrogens is 1. The van der Waals surface area contributed by atoms with Gasteiger partial charge in [0.05, 0.1) is 17.7 Å². The summed E-state index contributed by atoms with van der Waals surface area (Å²) in [6.07, 6.45) is 1.60. The third-order valence-electron chi connectivity index (χ3n) is 4.84. The Kier molecular flexibility index (Phi) is 7.90. The maximum Gasteiger partial charge on any atom is 0.250 e. The molecule has 1 N–H and O–H groups in total. The van der Waals surface area contributed by atoms with Crippen LogP contribution in [-0.4, -0.2) is 22.9 Å². The zero-order valence-electron chi connectivity index (χ0n) is 18.1. The molecule has 3 aromatic carbocycles. The molecule has 5 nitrogen and oxygen atoms in total. The summed E-state index contributed by atoms with van der Waals surface area (Å²) >= 11 is 2.93. The van der Waals surface area contributed by atoms with E-state index >= 15 is 0 Å². The first-order valence-electron chi connectivity index (χ1n) is 10.4. The van der Waals surface area contributed by atoms with Gasteiger partial charge in [-0.3, -0.25) is 4.79 Å². The van der Waals surface area contributed by atoms with Gasteiger partial charge in [-0.25, -0.2) is 10.4 Å². The molecular weight excluding hydrogens is 450 g/mol. The number of hydrazone groups is 1. The normalized spacial score (nSPS) is 10.9. The maximum atomic E-state index is 12.2. The number of carbonyl (C=O) groups excluding carboxylic acids is 1. The minimum absolute atomic E-state index is 0.189. The molecule has 0 fully saturated rings. The van der Waals surface area contributed by atoms with Gasteiger partial charge in [-0.15, -0.1) is 11.3 Å². The lowest BCUT2D eigenvalue weighted by molar-refractivity contribution is -0.118. The zero-order valence-corrected chi connectivity index (χ0v) is 19.7. The number of hydrogen-bond donors (Lipinski definition) is 1. The molecule has 0 bridgehead atoms. The van der Waals surface area contributed by atoms with Crippen molar-refractivity contribution < 1.29 is 9.53 Å². The minimum atomic E-state index is -0.189. The van der Waals surface area contributed by atoms with Crippen molar-refractivity contribution in [2.75, 3.05) is 5.75 Å². The van der Waals surface area contributed by atoms with Crippen molar-refractivity contribution in [1.82, 2.24) is 10.4 Å². The number of rotatable bonds is 9. The van der Waals surface area contributed by atoms with E-state index in [2.05, 4.69) is 34.6 Å². The lowest BCUT2D eigenvalue weighted by Crippen LogP contribution is -2.19. The number of hydrogen-bond acceptors (Lipinski definition) is 6. The van der Waals surface area contributed by atoms with E-state index in [-0.39, 0.29) is 11.7 Å². The smallest absolute Gasteiger partial charge is 0.250 e. The molecule has 0 spiro atoms. The predicted molar refractivity (Wildman–Crippen MR) is 136 cm³/mol. The Balaban J connectivity index is 1.28. The van der Waals surface area contributed by atoms with E-state index in [1.54, 1.807) is 6.21 Å². The van der Waals surface area contributed by atoms with Crippen LogP contribution in [0, 0.1) is 6.92 Å². The minimum Gasteiger partial charge on any atom is -0.488 e. The molecule has 4 rings (SSSR count). The van der Waals surface area contributed by atoms with Gasteiger partial charge < -0.3 is 4.74 Å². The number of thioether (sulfide) groups is 1. The van der Waals surface area contributed by atoms with Gasteiger partial charge in [-0.05, 0) is 30.2 Å². The summed E-state index contributed by atoms with van der Waals surface area (Å²) in [5.41, 5.74) is 7.68. The Morgan fingerprint density at radius 3 is 2.67 bits per heavy atom. The highest BCUT2D eigenvalue weighted by molar-refractivity contribution is 8.01. The Morgan fingerprint density at radius 1 is 1.06 bits per heavy atom. The van der Waals surface area contributed by atoms with Gasteiger partial charge in [-0.1, -0.05) is 78.5 Å². The fourth-order valence-electron chi connectivity index (χ4n) is 3.04.